The summed E-state index contributed by atoms with van der Waals surface area (Å²) in [6.45, 7) is 1.02. The minimum absolute atomic E-state index is 0.00936. The average Bonchev–Trinajstić information content (AvgIpc) is 2.99. The van der Waals surface area contributed by atoms with E-state index in [4.69, 9.17) is 60.6 Å². The fourth-order valence-electron chi connectivity index (χ4n) is 3.83. The van der Waals surface area contributed by atoms with E-state index >= 15 is 0 Å². The van der Waals surface area contributed by atoms with E-state index in [1.807, 2.05) is 12.2 Å². The van der Waals surface area contributed by atoms with E-state index < -0.39 is 11.4 Å². The van der Waals surface area contributed by atoms with E-state index in [-0.39, 0.29) is 16.0 Å². The van der Waals surface area contributed by atoms with Crippen molar-refractivity contribution in [3.63, 3.8) is 0 Å². The van der Waals surface area contributed by atoms with Crippen molar-refractivity contribution < 1.29 is 14.2 Å². The van der Waals surface area contributed by atoms with Crippen LogP contribution in [0.1, 0.15) is 23.5 Å². The summed E-state index contributed by atoms with van der Waals surface area (Å²) in [6.07, 6.45) is 4.56. The summed E-state index contributed by atoms with van der Waals surface area (Å²) in [4.78, 5) is 0. The summed E-state index contributed by atoms with van der Waals surface area (Å²) < 4.78 is 17.8. The SMILES string of the molecule is CO[C@]12C=C[C@H](CC13OCCO3)c1c(Cl)c(Cl)c(Cl)c(Cl)c12. The first-order valence-corrected chi connectivity index (χ1v) is 8.37. The first-order valence-electron chi connectivity index (χ1n) is 6.86. The first-order chi connectivity index (χ1) is 10.5. The number of halogens is 4. The molecule has 1 aromatic rings. The molecule has 0 unspecified atom stereocenters. The fourth-order valence-corrected chi connectivity index (χ4v) is 4.98. The van der Waals surface area contributed by atoms with Crippen LogP contribution in [0, 0.1) is 0 Å². The highest BCUT2D eigenvalue weighted by atomic mass is 35.5. The number of ether oxygens (including phenoxy) is 3. The number of methoxy groups -OCH3 is 1. The standard InChI is InChI=1S/C15H12Cl4O3/c1-20-14-3-2-7(6-15(14)21-4-5-22-15)8-9(14)11(17)13(19)12(18)10(8)16/h2-3,7H,4-6H2,1H3/t7-,14+/m1/s1. The molecule has 0 saturated carbocycles. The molecule has 5 rings (SSSR count). The van der Waals surface area contributed by atoms with Gasteiger partial charge in [0.1, 0.15) is 0 Å². The highest BCUT2D eigenvalue weighted by Gasteiger charge is 2.64. The molecule has 4 aliphatic rings. The monoisotopic (exact) mass is 380 g/mol. The molecule has 3 aliphatic carbocycles. The van der Waals surface area contributed by atoms with Crippen LogP contribution < -0.4 is 0 Å². The Bertz CT molecular complexity index is 697. The van der Waals surface area contributed by atoms with E-state index in [9.17, 15) is 0 Å². The zero-order valence-corrected chi connectivity index (χ0v) is 14.6. The van der Waals surface area contributed by atoms with Crippen molar-refractivity contribution in [2.75, 3.05) is 20.3 Å². The van der Waals surface area contributed by atoms with Gasteiger partial charge in [-0.05, 0) is 11.6 Å². The van der Waals surface area contributed by atoms with Crippen LogP contribution in [0.25, 0.3) is 0 Å². The van der Waals surface area contributed by atoms with Crippen LogP contribution in [0.15, 0.2) is 12.2 Å². The predicted molar refractivity (Wildman–Crippen MR) is 86.3 cm³/mol. The number of hydrogen-bond acceptors (Lipinski definition) is 3. The van der Waals surface area contributed by atoms with Crippen molar-refractivity contribution in [3.05, 3.63) is 43.4 Å². The van der Waals surface area contributed by atoms with Crippen molar-refractivity contribution in [2.24, 2.45) is 0 Å². The molecule has 0 radical (unpaired) electrons. The molecule has 7 heteroatoms. The Hall–Kier alpha value is -0.000000000000000111. The molecular weight excluding hydrogens is 370 g/mol. The van der Waals surface area contributed by atoms with Crippen LogP contribution in [-0.4, -0.2) is 26.1 Å². The molecule has 1 fully saturated rings. The highest BCUT2D eigenvalue weighted by molar-refractivity contribution is 6.52. The summed E-state index contributed by atoms with van der Waals surface area (Å²) in [7, 11) is 1.60. The molecule has 0 aromatic heterocycles. The van der Waals surface area contributed by atoms with Crippen molar-refractivity contribution in [1.82, 2.24) is 0 Å². The number of allylic oxidation sites excluding steroid dienone is 1. The largest absolute Gasteiger partial charge is 0.364 e. The van der Waals surface area contributed by atoms with Gasteiger partial charge >= 0.3 is 0 Å². The Kier molecular flexibility index (Phi) is 3.53. The topological polar surface area (TPSA) is 27.7 Å². The molecule has 0 N–H and O–H groups in total. The van der Waals surface area contributed by atoms with Gasteiger partial charge in [-0.15, -0.1) is 0 Å². The van der Waals surface area contributed by atoms with Gasteiger partial charge < -0.3 is 14.2 Å². The minimum atomic E-state index is -0.984. The second-order valence-electron chi connectivity index (χ2n) is 5.60. The van der Waals surface area contributed by atoms with Gasteiger partial charge in [-0.3, -0.25) is 0 Å². The van der Waals surface area contributed by atoms with Crippen molar-refractivity contribution >= 4 is 46.4 Å². The Morgan fingerprint density at radius 1 is 1.05 bits per heavy atom. The van der Waals surface area contributed by atoms with Crippen LogP contribution in [0.4, 0.5) is 0 Å². The van der Waals surface area contributed by atoms with E-state index in [0.717, 1.165) is 5.56 Å². The lowest BCUT2D eigenvalue weighted by atomic mass is 9.64. The van der Waals surface area contributed by atoms with Crippen LogP contribution in [0.5, 0.6) is 0 Å². The van der Waals surface area contributed by atoms with Gasteiger partial charge in [0.05, 0.1) is 33.3 Å². The third-order valence-electron chi connectivity index (χ3n) is 4.74. The maximum Gasteiger partial charge on any atom is 0.206 e. The average molecular weight is 382 g/mol. The summed E-state index contributed by atoms with van der Waals surface area (Å²) >= 11 is 25.4. The molecule has 1 heterocycles. The first kappa shape index (κ1) is 15.5. The van der Waals surface area contributed by atoms with Gasteiger partial charge in [0, 0.05) is 25.0 Å². The number of benzene rings is 1. The molecule has 2 bridgehead atoms. The van der Waals surface area contributed by atoms with Crippen LogP contribution >= 0.6 is 46.4 Å². The second kappa shape index (κ2) is 5.00. The molecule has 22 heavy (non-hydrogen) atoms. The van der Waals surface area contributed by atoms with Gasteiger partial charge in [-0.25, -0.2) is 0 Å². The summed E-state index contributed by atoms with van der Waals surface area (Å²) in [6, 6.07) is 0. The van der Waals surface area contributed by atoms with Crippen molar-refractivity contribution in [1.29, 1.82) is 0 Å². The highest BCUT2D eigenvalue weighted by Crippen LogP contribution is 2.62. The molecule has 1 saturated heterocycles. The van der Waals surface area contributed by atoms with Crippen LogP contribution in [0.2, 0.25) is 20.1 Å². The third kappa shape index (κ3) is 1.66. The molecular formula is C15H12Cl4O3. The Morgan fingerprint density at radius 2 is 1.68 bits per heavy atom. The molecule has 1 aromatic carbocycles. The maximum absolute atomic E-state index is 6.51. The van der Waals surface area contributed by atoms with E-state index in [0.29, 0.717) is 35.2 Å². The van der Waals surface area contributed by atoms with Gasteiger partial charge in [-0.1, -0.05) is 52.5 Å². The number of hydrogen-bond donors (Lipinski definition) is 0. The lowest BCUT2D eigenvalue weighted by Gasteiger charge is -2.53. The lowest BCUT2D eigenvalue weighted by molar-refractivity contribution is -0.278. The molecule has 2 atom stereocenters. The smallest absolute Gasteiger partial charge is 0.206 e. The van der Waals surface area contributed by atoms with Gasteiger partial charge in [-0.2, -0.15) is 0 Å². The van der Waals surface area contributed by atoms with Gasteiger partial charge in [0.15, 0.2) is 5.60 Å². The van der Waals surface area contributed by atoms with E-state index in [1.165, 1.54) is 0 Å². The lowest BCUT2D eigenvalue weighted by Crippen LogP contribution is -2.58. The van der Waals surface area contributed by atoms with Gasteiger partial charge in [0.25, 0.3) is 0 Å². The van der Waals surface area contributed by atoms with Crippen LogP contribution in [-0.2, 0) is 19.8 Å². The Balaban J connectivity index is 2.08. The van der Waals surface area contributed by atoms with E-state index in [2.05, 4.69) is 0 Å². The molecule has 3 nitrogen and oxygen atoms in total. The third-order valence-corrected chi connectivity index (χ3v) is 6.56. The minimum Gasteiger partial charge on any atom is -0.364 e. The summed E-state index contributed by atoms with van der Waals surface area (Å²) in [5.41, 5.74) is 0.551. The van der Waals surface area contributed by atoms with Crippen molar-refractivity contribution in [3.8, 4) is 0 Å². The van der Waals surface area contributed by atoms with Gasteiger partial charge in [0.2, 0.25) is 5.79 Å². The molecule has 0 amide bonds. The van der Waals surface area contributed by atoms with Crippen LogP contribution in [0.3, 0.4) is 0 Å². The molecule has 1 spiro atoms. The molecule has 1 aliphatic heterocycles. The van der Waals surface area contributed by atoms with Crippen molar-refractivity contribution in [2.45, 2.75) is 23.7 Å². The maximum atomic E-state index is 6.51. The number of rotatable bonds is 1. The Morgan fingerprint density at radius 3 is 2.32 bits per heavy atom. The fraction of sp³-hybridized carbons (Fsp3) is 0.467. The predicted octanol–water partition coefficient (Wildman–Crippen LogP) is 4.94. The zero-order chi connectivity index (χ0) is 15.7. The molecule has 118 valence electrons. The zero-order valence-electron chi connectivity index (χ0n) is 11.6. The van der Waals surface area contributed by atoms with E-state index in [1.54, 1.807) is 7.11 Å². The summed E-state index contributed by atoms with van der Waals surface area (Å²) in [5, 5.41) is 1.23. The normalized spacial score (nSPS) is 31.0. The second-order valence-corrected chi connectivity index (χ2v) is 7.12. The summed E-state index contributed by atoms with van der Waals surface area (Å²) in [5.74, 6) is -0.914. The Labute approximate surface area is 148 Å². The quantitative estimate of drug-likeness (QED) is 0.391.